The van der Waals surface area contributed by atoms with E-state index in [1.54, 1.807) is 20.0 Å². The number of benzene rings is 1. The van der Waals surface area contributed by atoms with Crippen LogP contribution in [0.2, 0.25) is 5.02 Å². The lowest BCUT2D eigenvalue weighted by atomic mass is 10.2. The number of aryl methyl sites for hydroxylation is 1. The third kappa shape index (κ3) is 3.98. The molecule has 2 rings (SSSR count). The Morgan fingerprint density at radius 1 is 1.10 bits per heavy atom. The van der Waals surface area contributed by atoms with Gasteiger partial charge in [0.25, 0.3) is 0 Å². The van der Waals surface area contributed by atoms with Crippen molar-refractivity contribution in [1.29, 1.82) is 0 Å². The van der Waals surface area contributed by atoms with Crippen LogP contribution in [0.15, 0.2) is 24.3 Å². The molecule has 1 aromatic carbocycles. The number of aromatic nitrogens is 2. The molecule has 4 nitrogen and oxygen atoms in total. The highest BCUT2D eigenvalue weighted by atomic mass is 35.5. The molecular formula is C13H12ClF3N4. The van der Waals surface area contributed by atoms with Crippen molar-refractivity contribution in [2.24, 2.45) is 0 Å². The Morgan fingerprint density at radius 3 is 2.43 bits per heavy atom. The molecule has 0 saturated heterocycles. The number of hydrogen-bond donors (Lipinski definition) is 2. The number of hydrogen-bond acceptors (Lipinski definition) is 4. The molecule has 0 spiro atoms. The van der Waals surface area contributed by atoms with Crippen molar-refractivity contribution < 1.29 is 13.2 Å². The number of nitrogens with one attached hydrogen (secondary N) is 2. The van der Waals surface area contributed by atoms with Crippen LogP contribution in [0.1, 0.15) is 11.3 Å². The van der Waals surface area contributed by atoms with Gasteiger partial charge in [0.05, 0.1) is 5.56 Å². The molecule has 0 bridgehead atoms. The molecule has 2 N–H and O–H groups in total. The first-order valence-electron chi connectivity index (χ1n) is 5.96. The van der Waals surface area contributed by atoms with E-state index >= 15 is 0 Å². The monoisotopic (exact) mass is 316 g/mol. The quantitative estimate of drug-likeness (QED) is 0.889. The summed E-state index contributed by atoms with van der Waals surface area (Å²) < 4.78 is 38.2. The Morgan fingerprint density at radius 2 is 1.81 bits per heavy atom. The maximum Gasteiger partial charge on any atom is 0.416 e. The average molecular weight is 317 g/mol. The van der Waals surface area contributed by atoms with Gasteiger partial charge in [0.15, 0.2) is 0 Å². The maximum absolute atomic E-state index is 12.7. The smallest absolute Gasteiger partial charge is 0.357 e. The molecule has 0 aliphatic heterocycles. The minimum absolute atomic E-state index is 0.00746. The second-order valence-electron chi connectivity index (χ2n) is 4.32. The number of rotatable bonds is 3. The van der Waals surface area contributed by atoms with Gasteiger partial charge in [0.2, 0.25) is 5.95 Å². The van der Waals surface area contributed by atoms with Gasteiger partial charge in [-0.25, -0.2) is 4.98 Å². The van der Waals surface area contributed by atoms with Crippen LogP contribution in [0, 0.1) is 6.92 Å². The standard InChI is InChI=1S/C13H12ClF3N4/c1-7-3-11(21-12(18-2)19-7)20-10-5-8(13(15,16)17)4-9(14)6-10/h3-6H,1-2H3,(H2,18,19,20,21). The van der Waals surface area contributed by atoms with Crippen LogP contribution >= 0.6 is 11.6 Å². The van der Waals surface area contributed by atoms with Crippen LogP contribution in [0.3, 0.4) is 0 Å². The fourth-order valence-electron chi connectivity index (χ4n) is 1.72. The van der Waals surface area contributed by atoms with E-state index < -0.39 is 11.7 Å². The topological polar surface area (TPSA) is 49.8 Å². The van der Waals surface area contributed by atoms with Crippen molar-refractivity contribution in [2.75, 3.05) is 17.7 Å². The van der Waals surface area contributed by atoms with Crippen LogP contribution in [-0.2, 0) is 6.18 Å². The summed E-state index contributed by atoms with van der Waals surface area (Å²) in [6.07, 6.45) is -4.46. The molecular weight excluding hydrogens is 305 g/mol. The molecule has 0 amide bonds. The minimum Gasteiger partial charge on any atom is -0.357 e. The molecule has 1 aromatic heterocycles. The van der Waals surface area contributed by atoms with Gasteiger partial charge >= 0.3 is 6.18 Å². The first-order valence-corrected chi connectivity index (χ1v) is 6.34. The van der Waals surface area contributed by atoms with E-state index in [0.717, 1.165) is 12.1 Å². The van der Waals surface area contributed by atoms with Crippen LogP contribution in [0.25, 0.3) is 0 Å². The summed E-state index contributed by atoms with van der Waals surface area (Å²) in [6.45, 7) is 1.76. The van der Waals surface area contributed by atoms with Crippen molar-refractivity contribution >= 4 is 29.1 Å². The first kappa shape index (κ1) is 15.4. The number of alkyl halides is 3. The van der Waals surface area contributed by atoms with Crippen LogP contribution < -0.4 is 10.6 Å². The zero-order valence-electron chi connectivity index (χ0n) is 11.2. The second kappa shape index (κ2) is 5.77. The molecule has 0 fully saturated rings. The Kier molecular flexibility index (Phi) is 4.22. The van der Waals surface area contributed by atoms with Crippen molar-refractivity contribution in [3.63, 3.8) is 0 Å². The van der Waals surface area contributed by atoms with E-state index in [0.29, 0.717) is 17.5 Å². The largest absolute Gasteiger partial charge is 0.416 e. The molecule has 112 valence electrons. The van der Waals surface area contributed by atoms with Gasteiger partial charge in [0.1, 0.15) is 5.82 Å². The summed E-state index contributed by atoms with van der Waals surface area (Å²) in [4.78, 5) is 8.21. The van der Waals surface area contributed by atoms with E-state index in [2.05, 4.69) is 20.6 Å². The van der Waals surface area contributed by atoms with Gasteiger partial charge in [-0.05, 0) is 25.1 Å². The summed E-state index contributed by atoms with van der Waals surface area (Å²) in [6, 6.07) is 4.86. The van der Waals surface area contributed by atoms with Gasteiger partial charge in [-0.15, -0.1) is 0 Å². The Balaban J connectivity index is 2.35. The summed E-state index contributed by atoms with van der Waals surface area (Å²) in [5.41, 5.74) is 0.0574. The van der Waals surface area contributed by atoms with Gasteiger partial charge in [0, 0.05) is 29.5 Å². The molecule has 1 heterocycles. The highest BCUT2D eigenvalue weighted by Crippen LogP contribution is 2.34. The molecule has 0 atom stereocenters. The maximum atomic E-state index is 12.7. The fourth-order valence-corrected chi connectivity index (χ4v) is 1.95. The molecule has 0 radical (unpaired) electrons. The average Bonchev–Trinajstić information content (AvgIpc) is 2.36. The van der Waals surface area contributed by atoms with Crippen LogP contribution in [-0.4, -0.2) is 17.0 Å². The van der Waals surface area contributed by atoms with E-state index in [4.69, 9.17) is 11.6 Å². The highest BCUT2D eigenvalue weighted by molar-refractivity contribution is 6.31. The lowest BCUT2D eigenvalue weighted by Gasteiger charge is -2.12. The van der Waals surface area contributed by atoms with Gasteiger partial charge in [-0.1, -0.05) is 11.6 Å². The van der Waals surface area contributed by atoms with E-state index in [9.17, 15) is 13.2 Å². The zero-order valence-corrected chi connectivity index (χ0v) is 12.0. The minimum atomic E-state index is -4.46. The first-order chi connectivity index (χ1) is 9.77. The molecule has 0 unspecified atom stereocenters. The summed E-state index contributed by atoms with van der Waals surface area (Å²) >= 11 is 5.73. The van der Waals surface area contributed by atoms with Crippen molar-refractivity contribution in [1.82, 2.24) is 9.97 Å². The van der Waals surface area contributed by atoms with Gasteiger partial charge in [-0.2, -0.15) is 18.2 Å². The van der Waals surface area contributed by atoms with Crippen molar-refractivity contribution in [2.45, 2.75) is 13.1 Å². The Hall–Kier alpha value is -2.02. The number of anilines is 3. The lowest BCUT2D eigenvalue weighted by Crippen LogP contribution is -2.06. The zero-order chi connectivity index (χ0) is 15.6. The number of nitrogens with zero attached hydrogens (tertiary/aromatic N) is 2. The SMILES string of the molecule is CNc1nc(C)cc(Nc2cc(Cl)cc(C(F)(F)F)c2)n1. The predicted octanol–water partition coefficient (Wildman–Crippen LogP) is 4.24. The van der Waals surface area contributed by atoms with Crippen LogP contribution in [0.4, 0.5) is 30.6 Å². The predicted molar refractivity (Wildman–Crippen MR) is 76.1 cm³/mol. The fraction of sp³-hybridized carbons (Fsp3) is 0.231. The van der Waals surface area contributed by atoms with Crippen molar-refractivity contribution in [3.8, 4) is 0 Å². The van der Waals surface area contributed by atoms with Crippen molar-refractivity contribution in [3.05, 3.63) is 40.5 Å². The van der Waals surface area contributed by atoms with E-state index in [-0.39, 0.29) is 10.7 Å². The molecule has 2 aromatic rings. The summed E-state index contributed by atoms with van der Waals surface area (Å²) in [5.74, 6) is 0.748. The van der Waals surface area contributed by atoms with Crippen LogP contribution in [0.5, 0.6) is 0 Å². The third-order valence-electron chi connectivity index (χ3n) is 2.58. The molecule has 8 heteroatoms. The summed E-state index contributed by atoms with van der Waals surface area (Å²) in [7, 11) is 1.65. The number of halogens is 4. The van der Waals surface area contributed by atoms with E-state index in [1.807, 2.05) is 0 Å². The normalized spacial score (nSPS) is 11.3. The lowest BCUT2D eigenvalue weighted by molar-refractivity contribution is -0.137. The Bertz CT molecular complexity index is 658. The van der Waals surface area contributed by atoms with E-state index in [1.165, 1.54) is 6.07 Å². The third-order valence-corrected chi connectivity index (χ3v) is 2.79. The Labute approximate surface area is 124 Å². The molecule has 0 aliphatic carbocycles. The highest BCUT2D eigenvalue weighted by Gasteiger charge is 2.31. The second-order valence-corrected chi connectivity index (χ2v) is 4.76. The molecule has 21 heavy (non-hydrogen) atoms. The summed E-state index contributed by atoms with van der Waals surface area (Å²) in [5, 5.41) is 5.56. The van der Waals surface area contributed by atoms with Gasteiger partial charge in [-0.3, -0.25) is 0 Å². The molecule has 0 saturated carbocycles. The molecule has 0 aliphatic rings. The van der Waals surface area contributed by atoms with Gasteiger partial charge < -0.3 is 10.6 Å².